The zero-order chi connectivity index (χ0) is 20.4. The number of ether oxygens (including phenoxy) is 1. The number of nitriles is 1. The standard InChI is InChI=1S/C15H16F3N3O4S2/c1-9-6-21(12-4-3-10(5-19)13(20-2)14(12)26)7-11(25-9)8-24-27(22,23)15(16,17)18/h3-4,9,11,26H,2,6-8H2,1H3/t9-,11-/m1/s1. The van der Waals surface area contributed by atoms with Crippen LogP contribution in [0.2, 0.25) is 0 Å². The van der Waals surface area contributed by atoms with Gasteiger partial charge in [0.2, 0.25) is 0 Å². The molecule has 1 saturated heterocycles. The summed E-state index contributed by atoms with van der Waals surface area (Å²) in [5.41, 5.74) is -4.37. The molecule has 0 amide bonds. The van der Waals surface area contributed by atoms with E-state index in [1.165, 1.54) is 6.07 Å². The highest BCUT2D eigenvalue weighted by Gasteiger charge is 2.47. The van der Waals surface area contributed by atoms with Crippen molar-refractivity contribution in [3.8, 4) is 6.07 Å². The third kappa shape index (κ3) is 4.73. The molecule has 7 nitrogen and oxygen atoms in total. The lowest BCUT2D eigenvalue weighted by molar-refractivity contribution is -0.0657. The summed E-state index contributed by atoms with van der Waals surface area (Å²) in [4.78, 5) is 5.92. The van der Waals surface area contributed by atoms with Crippen molar-refractivity contribution in [2.45, 2.75) is 29.5 Å². The van der Waals surface area contributed by atoms with Crippen molar-refractivity contribution in [2.75, 3.05) is 24.6 Å². The highest BCUT2D eigenvalue weighted by Crippen LogP contribution is 2.37. The summed E-state index contributed by atoms with van der Waals surface area (Å²) in [6, 6.07) is 5.12. The van der Waals surface area contributed by atoms with Crippen LogP contribution in [-0.2, 0) is 19.0 Å². The van der Waals surface area contributed by atoms with Crippen LogP contribution in [0.4, 0.5) is 24.5 Å². The number of hydrogen-bond donors (Lipinski definition) is 1. The van der Waals surface area contributed by atoms with Crippen LogP contribution in [0.5, 0.6) is 0 Å². The number of nitrogens with zero attached hydrogens (tertiary/aromatic N) is 3. The predicted molar refractivity (Wildman–Crippen MR) is 95.1 cm³/mol. The topological polar surface area (TPSA) is 92.0 Å². The van der Waals surface area contributed by atoms with E-state index < -0.39 is 34.4 Å². The lowest BCUT2D eigenvalue weighted by Crippen LogP contribution is -2.49. The van der Waals surface area contributed by atoms with Crippen molar-refractivity contribution in [2.24, 2.45) is 4.99 Å². The second-order valence-corrected chi connectivity index (χ2v) is 7.81. The number of anilines is 1. The molecular weight excluding hydrogens is 407 g/mol. The van der Waals surface area contributed by atoms with E-state index in [-0.39, 0.29) is 17.8 Å². The average Bonchev–Trinajstić information content (AvgIpc) is 2.58. The van der Waals surface area contributed by atoms with Crippen LogP contribution in [0.15, 0.2) is 22.0 Å². The van der Waals surface area contributed by atoms with Crippen LogP contribution < -0.4 is 4.90 Å². The monoisotopic (exact) mass is 423 g/mol. The normalized spacial score (nSPS) is 21.0. The Kier molecular flexibility index (Phi) is 6.41. The summed E-state index contributed by atoms with van der Waals surface area (Å²) < 4.78 is 68.9. The van der Waals surface area contributed by atoms with Gasteiger partial charge >= 0.3 is 15.6 Å². The molecule has 1 aliphatic rings. The lowest BCUT2D eigenvalue weighted by Gasteiger charge is -2.38. The minimum atomic E-state index is -5.70. The average molecular weight is 423 g/mol. The third-order valence-corrected chi connectivity index (χ3v) is 5.22. The van der Waals surface area contributed by atoms with Crippen LogP contribution in [0, 0.1) is 11.3 Å². The lowest BCUT2D eigenvalue weighted by atomic mass is 10.1. The maximum Gasteiger partial charge on any atom is 0.523 e. The molecule has 0 spiro atoms. The van der Waals surface area contributed by atoms with Crippen molar-refractivity contribution in [1.29, 1.82) is 5.26 Å². The highest BCUT2D eigenvalue weighted by molar-refractivity contribution is 7.87. The van der Waals surface area contributed by atoms with Gasteiger partial charge in [0, 0.05) is 13.1 Å². The number of hydrogen-bond acceptors (Lipinski definition) is 8. The van der Waals surface area contributed by atoms with E-state index >= 15 is 0 Å². The Balaban J connectivity index is 2.21. The molecule has 1 heterocycles. The summed E-state index contributed by atoms with van der Waals surface area (Å²) >= 11 is 4.38. The molecule has 0 unspecified atom stereocenters. The molecule has 0 aromatic heterocycles. The van der Waals surface area contributed by atoms with Gasteiger partial charge in [-0.2, -0.15) is 26.9 Å². The van der Waals surface area contributed by atoms with Crippen LogP contribution in [0.25, 0.3) is 0 Å². The Morgan fingerprint density at radius 1 is 1.48 bits per heavy atom. The largest absolute Gasteiger partial charge is 0.523 e. The van der Waals surface area contributed by atoms with Crippen LogP contribution in [0.3, 0.4) is 0 Å². The van der Waals surface area contributed by atoms with Gasteiger partial charge in [-0.15, -0.1) is 12.6 Å². The van der Waals surface area contributed by atoms with Gasteiger partial charge in [-0.05, 0) is 25.8 Å². The number of aliphatic imine (C=N–C) groups is 1. The first kappa shape index (κ1) is 21.5. The smallest absolute Gasteiger partial charge is 0.369 e. The molecule has 1 aliphatic heterocycles. The molecule has 0 saturated carbocycles. The van der Waals surface area contributed by atoms with E-state index in [2.05, 4.69) is 28.5 Å². The van der Waals surface area contributed by atoms with Gasteiger partial charge in [0.15, 0.2) is 0 Å². The van der Waals surface area contributed by atoms with Crippen LogP contribution in [-0.4, -0.2) is 52.5 Å². The number of rotatable bonds is 5. The Morgan fingerprint density at radius 2 is 2.15 bits per heavy atom. The molecule has 1 fully saturated rings. The van der Waals surface area contributed by atoms with Crippen molar-refractivity contribution in [1.82, 2.24) is 0 Å². The summed E-state index contributed by atoms with van der Waals surface area (Å²) in [5, 5.41) is 9.10. The van der Waals surface area contributed by atoms with Crippen LogP contribution >= 0.6 is 12.6 Å². The molecule has 27 heavy (non-hydrogen) atoms. The van der Waals surface area contributed by atoms with Gasteiger partial charge in [0.05, 0.1) is 34.5 Å². The van der Waals surface area contributed by atoms with Crippen molar-refractivity contribution in [3.05, 3.63) is 17.7 Å². The summed E-state index contributed by atoms with van der Waals surface area (Å²) in [6.07, 6.45) is -1.33. The molecule has 12 heteroatoms. The summed E-state index contributed by atoms with van der Waals surface area (Å²) in [7, 11) is -5.70. The number of benzene rings is 1. The Bertz CT molecular complexity index is 868. The zero-order valence-corrected chi connectivity index (χ0v) is 15.8. The van der Waals surface area contributed by atoms with Crippen molar-refractivity contribution < 1.29 is 30.5 Å². The second kappa shape index (κ2) is 8.05. The fourth-order valence-electron chi connectivity index (χ4n) is 2.64. The zero-order valence-electron chi connectivity index (χ0n) is 14.1. The van der Waals surface area contributed by atoms with E-state index in [4.69, 9.17) is 10.00 Å². The van der Waals surface area contributed by atoms with Gasteiger partial charge in [-0.25, -0.2) is 0 Å². The molecule has 0 bridgehead atoms. The van der Waals surface area contributed by atoms with Gasteiger partial charge in [-0.1, -0.05) is 0 Å². The molecule has 2 atom stereocenters. The fraction of sp³-hybridized carbons (Fsp3) is 0.467. The maximum atomic E-state index is 12.4. The molecular formula is C15H16F3N3O4S2. The molecule has 0 N–H and O–H groups in total. The molecule has 0 aliphatic carbocycles. The Hall–Kier alpha value is -1.81. The quantitative estimate of drug-likeness (QED) is 0.339. The van der Waals surface area contributed by atoms with Gasteiger partial charge < -0.3 is 9.64 Å². The van der Waals surface area contributed by atoms with Gasteiger partial charge in [0.1, 0.15) is 12.2 Å². The summed E-state index contributed by atoms with van der Waals surface area (Å²) in [6.45, 7) is 4.75. The number of thiol groups is 1. The molecule has 148 valence electrons. The van der Waals surface area contributed by atoms with E-state index in [1.807, 2.05) is 6.07 Å². The molecule has 1 aromatic rings. The first-order valence-corrected chi connectivity index (χ1v) is 9.44. The Morgan fingerprint density at radius 3 is 2.70 bits per heavy atom. The van der Waals surface area contributed by atoms with E-state index in [0.717, 1.165) is 0 Å². The third-order valence-electron chi connectivity index (χ3n) is 3.77. The van der Waals surface area contributed by atoms with Crippen molar-refractivity contribution >= 4 is 40.8 Å². The minimum Gasteiger partial charge on any atom is -0.369 e. The SMILES string of the molecule is C=Nc1c(C#N)ccc(N2C[C@H](COS(=O)(=O)C(F)(F)F)O[C@H](C)C2)c1S. The molecule has 0 radical (unpaired) electrons. The number of morpholine rings is 1. The predicted octanol–water partition coefficient (Wildman–Crippen LogP) is 2.64. The summed E-state index contributed by atoms with van der Waals surface area (Å²) in [5.74, 6) is 0. The Labute approximate surface area is 159 Å². The van der Waals surface area contributed by atoms with E-state index in [0.29, 0.717) is 17.1 Å². The van der Waals surface area contributed by atoms with E-state index in [9.17, 15) is 21.6 Å². The first-order valence-electron chi connectivity index (χ1n) is 7.59. The van der Waals surface area contributed by atoms with Crippen molar-refractivity contribution in [3.63, 3.8) is 0 Å². The highest BCUT2D eigenvalue weighted by atomic mass is 32.2. The van der Waals surface area contributed by atoms with Crippen LogP contribution in [0.1, 0.15) is 12.5 Å². The number of halogens is 3. The minimum absolute atomic E-state index is 0.0633. The van der Waals surface area contributed by atoms with Gasteiger partial charge in [-0.3, -0.25) is 9.18 Å². The fourth-order valence-corrected chi connectivity index (χ4v) is 3.51. The van der Waals surface area contributed by atoms with Gasteiger partial charge in [0.25, 0.3) is 0 Å². The van der Waals surface area contributed by atoms with E-state index in [1.54, 1.807) is 17.9 Å². The molecule has 1 aromatic carbocycles. The first-order chi connectivity index (χ1) is 12.5. The molecule has 2 rings (SSSR count). The second-order valence-electron chi connectivity index (χ2n) is 5.76. The maximum absolute atomic E-state index is 12.4. The number of alkyl halides is 3.